The summed E-state index contributed by atoms with van der Waals surface area (Å²) in [6.45, 7) is 4.42. The fraction of sp³-hybridized carbons (Fsp3) is 0.429. The molecule has 2 aromatic rings. The fourth-order valence-electron chi connectivity index (χ4n) is 4.52. The lowest BCUT2D eigenvalue weighted by molar-refractivity contribution is -0.140. The number of benzene rings is 2. The van der Waals surface area contributed by atoms with Gasteiger partial charge in [0.05, 0.1) is 5.56 Å². The molecule has 0 nitrogen and oxygen atoms in total. The van der Waals surface area contributed by atoms with Crippen molar-refractivity contribution in [1.82, 2.24) is 0 Å². The zero-order valence-corrected chi connectivity index (χ0v) is 18.7. The topological polar surface area (TPSA) is 0 Å². The van der Waals surface area contributed by atoms with E-state index in [4.69, 9.17) is 0 Å². The van der Waals surface area contributed by atoms with Gasteiger partial charge in [-0.3, -0.25) is 0 Å². The van der Waals surface area contributed by atoms with Crippen LogP contribution in [0.1, 0.15) is 79.7 Å². The van der Waals surface area contributed by atoms with E-state index in [1.807, 2.05) is 0 Å². The van der Waals surface area contributed by atoms with Gasteiger partial charge in [0.15, 0.2) is 0 Å². The molecule has 2 aromatic carbocycles. The largest absolute Gasteiger partial charge is 0.419 e. The van der Waals surface area contributed by atoms with Gasteiger partial charge in [0.25, 0.3) is 0 Å². The Bertz CT molecular complexity index is 996. The number of hydrogen-bond donors (Lipinski definition) is 0. The molecule has 0 bridgehead atoms. The van der Waals surface area contributed by atoms with Crippen LogP contribution in [0.25, 0.3) is 0 Å². The van der Waals surface area contributed by atoms with E-state index >= 15 is 0 Å². The zero-order valence-electron chi connectivity index (χ0n) is 18.7. The predicted octanol–water partition coefficient (Wildman–Crippen LogP) is 8.24. The van der Waals surface area contributed by atoms with Gasteiger partial charge in [-0.25, -0.2) is 4.39 Å². The van der Waals surface area contributed by atoms with Crippen molar-refractivity contribution < 1.29 is 17.6 Å². The van der Waals surface area contributed by atoms with Crippen LogP contribution in [-0.4, -0.2) is 0 Å². The van der Waals surface area contributed by atoms with E-state index in [0.29, 0.717) is 11.8 Å². The molecule has 3 rings (SSSR count). The van der Waals surface area contributed by atoms with Crippen molar-refractivity contribution >= 4 is 0 Å². The molecular weight excluding hydrogens is 412 g/mol. The molecule has 0 radical (unpaired) electrons. The van der Waals surface area contributed by atoms with Crippen molar-refractivity contribution in [2.45, 2.75) is 70.9 Å². The Balaban J connectivity index is 1.58. The van der Waals surface area contributed by atoms with Crippen LogP contribution in [0.15, 0.2) is 48.6 Å². The van der Waals surface area contributed by atoms with Crippen LogP contribution in [0.5, 0.6) is 0 Å². The van der Waals surface area contributed by atoms with Crippen molar-refractivity contribution in [2.24, 2.45) is 5.92 Å². The number of aryl methyl sites for hydroxylation is 2. The maximum Gasteiger partial charge on any atom is 0.419 e. The van der Waals surface area contributed by atoms with E-state index in [1.54, 1.807) is 6.08 Å². The monoisotopic (exact) mass is 442 g/mol. The molecule has 0 saturated heterocycles. The van der Waals surface area contributed by atoms with E-state index < -0.39 is 17.6 Å². The standard InChI is InChI=1S/C28H30F4/c1-3-7-24-18-20(4-2)12-16-25(24)23-14-10-21(11-15-23)8-5-6-9-22-13-17-26(27(29)19-22)28(30,31)32/h5,8,12-13,16-19,21,23H,3-4,7,10-11,14-15H2,1-2H3/b8-5+. The van der Waals surface area contributed by atoms with Crippen LogP contribution in [0.4, 0.5) is 17.6 Å². The van der Waals surface area contributed by atoms with Gasteiger partial charge in [-0.15, -0.1) is 0 Å². The summed E-state index contributed by atoms with van der Waals surface area (Å²) in [5, 5.41) is 0. The quantitative estimate of drug-likeness (QED) is 0.323. The first-order valence-corrected chi connectivity index (χ1v) is 11.5. The number of rotatable bonds is 5. The molecule has 4 heteroatoms. The van der Waals surface area contributed by atoms with E-state index in [0.717, 1.165) is 57.1 Å². The molecule has 32 heavy (non-hydrogen) atoms. The number of halogens is 4. The van der Waals surface area contributed by atoms with Crippen molar-refractivity contribution in [3.8, 4) is 11.8 Å². The summed E-state index contributed by atoms with van der Waals surface area (Å²) in [6.07, 6.45) is 6.97. The van der Waals surface area contributed by atoms with Gasteiger partial charge in [0, 0.05) is 5.56 Å². The Hall–Kier alpha value is -2.54. The maximum absolute atomic E-state index is 13.6. The van der Waals surface area contributed by atoms with Crippen molar-refractivity contribution in [1.29, 1.82) is 0 Å². The Labute approximate surface area is 188 Å². The first-order chi connectivity index (χ1) is 15.3. The Morgan fingerprint density at radius 3 is 2.38 bits per heavy atom. The molecule has 1 saturated carbocycles. The minimum Gasteiger partial charge on any atom is -0.206 e. The third kappa shape index (κ3) is 6.25. The second kappa shape index (κ2) is 10.9. The van der Waals surface area contributed by atoms with E-state index in [-0.39, 0.29) is 5.56 Å². The van der Waals surface area contributed by atoms with Gasteiger partial charge in [-0.2, -0.15) is 13.2 Å². The summed E-state index contributed by atoms with van der Waals surface area (Å²) < 4.78 is 51.5. The lowest BCUT2D eigenvalue weighted by atomic mass is 9.76. The second-order valence-electron chi connectivity index (χ2n) is 8.57. The van der Waals surface area contributed by atoms with Gasteiger partial charge in [0.2, 0.25) is 0 Å². The van der Waals surface area contributed by atoms with E-state index in [2.05, 4.69) is 50.0 Å². The number of alkyl halides is 3. The lowest BCUT2D eigenvalue weighted by Crippen LogP contribution is -2.13. The molecule has 170 valence electrons. The summed E-state index contributed by atoms with van der Waals surface area (Å²) in [7, 11) is 0. The minimum atomic E-state index is -4.69. The average Bonchev–Trinajstić information content (AvgIpc) is 2.76. The molecule has 0 spiro atoms. The van der Waals surface area contributed by atoms with Crippen molar-refractivity contribution in [3.05, 3.63) is 82.2 Å². The Morgan fingerprint density at radius 1 is 1.00 bits per heavy atom. The SMILES string of the molecule is CCCc1cc(CC)ccc1C1CCC(/C=C/C#Cc2ccc(C(F)(F)F)c(F)c2)CC1. The van der Waals surface area contributed by atoms with E-state index in [9.17, 15) is 17.6 Å². The first-order valence-electron chi connectivity index (χ1n) is 11.5. The van der Waals surface area contributed by atoms with E-state index in [1.165, 1.54) is 22.8 Å². The van der Waals surface area contributed by atoms with Crippen molar-refractivity contribution in [3.63, 3.8) is 0 Å². The third-order valence-corrected chi connectivity index (χ3v) is 6.29. The van der Waals surface area contributed by atoms with Crippen LogP contribution in [-0.2, 0) is 19.0 Å². The highest BCUT2D eigenvalue weighted by molar-refractivity contribution is 5.40. The van der Waals surface area contributed by atoms with Crippen LogP contribution in [0, 0.1) is 23.6 Å². The summed E-state index contributed by atoms with van der Waals surface area (Å²) in [5.74, 6) is 5.33. The fourth-order valence-corrected chi connectivity index (χ4v) is 4.52. The average molecular weight is 443 g/mol. The summed E-state index contributed by atoms with van der Waals surface area (Å²) in [6, 6.07) is 9.76. The van der Waals surface area contributed by atoms with Gasteiger partial charge in [-0.1, -0.05) is 56.4 Å². The van der Waals surface area contributed by atoms with Crippen LogP contribution >= 0.6 is 0 Å². The lowest BCUT2D eigenvalue weighted by Gasteiger charge is -2.29. The Kier molecular flexibility index (Phi) is 8.18. The normalized spacial score (nSPS) is 19.1. The summed E-state index contributed by atoms with van der Waals surface area (Å²) in [4.78, 5) is 0. The van der Waals surface area contributed by atoms with Crippen LogP contribution in [0.3, 0.4) is 0 Å². The highest BCUT2D eigenvalue weighted by Crippen LogP contribution is 2.38. The number of allylic oxidation sites excluding steroid dienone is 2. The molecule has 1 fully saturated rings. The molecule has 1 aliphatic rings. The van der Waals surface area contributed by atoms with Gasteiger partial charge < -0.3 is 0 Å². The van der Waals surface area contributed by atoms with Gasteiger partial charge in [0.1, 0.15) is 5.82 Å². The molecule has 0 amide bonds. The maximum atomic E-state index is 13.6. The zero-order chi connectivity index (χ0) is 23.1. The molecule has 0 unspecified atom stereocenters. The molecule has 0 aromatic heterocycles. The van der Waals surface area contributed by atoms with Gasteiger partial charge in [-0.05, 0) is 91.3 Å². The molecule has 0 aliphatic heterocycles. The molecule has 0 N–H and O–H groups in total. The molecular formula is C28H30F4. The smallest absolute Gasteiger partial charge is 0.206 e. The summed E-state index contributed by atoms with van der Waals surface area (Å²) >= 11 is 0. The van der Waals surface area contributed by atoms with Gasteiger partial charge >= 0.3 is 6.18 Å². The molecule has 0 atom stereocenters. The van der Waals surface area contributed by atoms with Crippen LogP contribution in [0.2, 0.25) is 0 Å². The molecule has 0 heterocycles. The Morgan fingerprint density at radius 2 is 1.75 bits per heavy atom. The summed E-state index contributed by atoms with van der Waals surface area (Å²) in [5.41, 5.74) is 3.39. The third-order valence-electron chi connectivity index (χ3n) is 6.29. The second-order valence-corrected chi connectivity index (χ2v) is 8.57. The van der Waals surface area contributed by atoms with Crippen molar-refractivity contribution in [2.75, 3.05) is 0 Å². The highest BCUT2D eigenvalue weighted by Gasteiger charge is 2.33. The molecule has 1 aliphatic carbocycles. The number of hydrogen-bond acceptors (Lipinski definition) is 0. The highest BCUT2D eigenvalue weighted by atomic mass is 19.4. The predicted molar refractivity (Wildman–Crippen MR) is 122 cm³/mol. The van der Waals surface area contributed by atoms with Crippen LogP contribution < -0.4 is 0 Å². The minimum absolute atomic E-state index is 0.239. The first kappa shape index (κ1) is 24.1.